The fraction of sp³-hybridized carbons (Fsp3) is 0.350. The van der Waals surface area contributed by atoms with Crippen LogP contribution < -0.4 is 0 Å². The molecule has 0 aromatic heterocycles. The average molecular weight is 310 g/mol. The van der Waals surface area contributed by atoms with E-state index in [1.165, 1.54) is 11.1 Å². The van der Waals surface area contributed by atoms with Crippen molar-refractivity contribution >= 4 is 5.97 Å². The fourth-order valence-corrected chi connectivity index (χ4v) is 2.85. The number of hydrogen-bond donors (Lipinski definition) is 0. The number of epoxide rings is 1. The minimum absolute atomic E-state index is 0.284. The molecule has 3 nitrogen and oxygen atoms in total. The summed E-state index contributed by atoms with van der Waals surface area (Å²) >= 11 is 0. The van der Waals surface area contributed by atoms with Gasteiger partial charge in [0.2, 0.25) is 0 Å². The molecule has 2 aromatic rings. The van der Waals surface area contributed by atoms with Crippen molar-refractivity contribution in [1.29, 1.82) is 0 Å². The second-order valence-electron chi connectivity index (χ2n) is 6.13. The molecule has 0 aliphatic carbocycles. The summed E-state index contributed by atoms with van der Waals surface area (Å²) < 4.78 is 11.2. The van der Waals surface area contributed by atoms with Crippen LogP contribution in [0.25, 0.3) is 0 Å². The highest BCUT2D eigenvalue weighted by atomic mass is 16.7. The third-order valence-corrected chi connectivity index (χ3v) is 4.24. The van der Waals surface area contributed by atoms with Crippen LogP contribution in [-0.4, -0.2) is 18.7 Å². The monoisotopic (exact) mass is 310 g/mol. The topological polar surface area (TPSA) is 38.8 Å². The zero-order valence-electron chi connectivity index (χ0n) is 13.8. The Bertz CT molecular complexity index is 640. The lowest BCUT2D eigenvalue weighted by atomic mass is 9.87. The lowest BCUT2D eigenvalue weighted by Gasteiger charge is -2.15. The summed E-state index contributed by atoms with van der Waals surface area (Å²) in [6.45, 7) is 6.50. The fourth-order valence-electron chi connectivity index (χ4n) is 2.85. The van der Waals surface area contributed by atoms with E-state index in [4.69, 9.17) is 9.47 Å². The number of ether oxygens (including phenoxy) is 2. The van der Waals surface area contributed by atoms with Crippen LogP contribution in [0.2, 0.25) is 0 Å². The van der Waals surface area contributed by atoms with Gasteiger partial charge in [0.1, 0.15) is 0 Å². The number of carbonyl (C=O) groups is 1. The van der Waals surface area contributed by atoms with E-state index in [9.17, 15) is 4.79 Å². The average Bonchev–Trinajstić information content (AvgIpc) is 3.31. The molecule has 1 heterocycles. The lowest BCUT2D eigenvalue weighted by molar-refractivity contribution is -0.145. The van der Waals surface area contributed by atoms with Gasteiger partial charge in [0.05, 0.1) is 6.61 Å². The first kappa shape index (κ1) is 15.8. The zero-order chi connectivity index (χ0) is 16.4. The van der Waals surface area contributed by atoms with Crippen LogP contribution in [0.5, 0.6) is 0 Å². The molecular weight excluding hydrogens is 288 g/mol. The third-order valence-electron chi connectivity index (χ3n) is 4.24. The Morgan fingerprint density at radius 2 is 1.48 bits per heavy atom. The Balaban J connectivity index is 1.97. The molecule has 1 aliphatic rings. The lowest BCUT2D eigenvalue weighted by Crippen LogP contribution is -2.22. The van der Waals surface area contributed by atoms with E-state index in [0.29, 0.717) is 6.61 Å². The molecule has 3 heteroatoms. The molecule has 0 radical (unpaired) electrons. The molecule has 1 atom stereocenters. The van der Waals surface area contributed by atoms with Gasteiger partial charge in [0, 0.05) is 0 Å². The normalized spacial score (nSPS) is 18.5. The highest BCUT2D eigenvalue weighted by Crippen LogP contribution is 2.52. The van der Waals surface area contributed by atoms with Gasteiger partial charge in [-0.1, -0.05) is 66.6 Å². The molecule has 2 aromatic carbocycles. The predicted molar refractivity (Wildman–Crippen MR) is 89.3 cm³/mol. The van der Waals surface area contributed by atoms with Crippen molar-refractivity contribution in [1.82, 2.24) is 0 Å². The Morgan fingerprint density at radius 1 is 1.00 bits per heavy atom. The molecule has 23 heavy (non-hydrogen) atoms. The van der Waals surface area contributed by atoms with Crippen molar-refractivity contribution < 1.29 is 14.3 Å². The Kier molecular flexibility index (Phi) is 4.22. The van der Waals surface area contributed by atoms with Crippen molar-refractivity contribution in [2.45, 2.75) is 38.9 Å². The number of hydrogen-bond acceptors (Lipinski definition) is 3. The summed E-state index contributed by atoms with van der Waals surface area (Å²) in [4.78, 5) is 12.3. The van der Waals surface area contributed by atoms with E-state index >= 15 is 0 Å². The first-order valence-corrected chi connectivity index (χ1v) is 8.06. The number of rotatable bonds is 5. The third kappa shape index (κ3) is 2.89. The van der Waals surface area contributed by atoms with Gasteiger partial charge < -0.3 is 9.47 Å². The van der Waals surface area contributed by atoms with E-state index in [-0.39, 0.29) is 5.97 Å². The largest absolute Gasteiger partial charge is 0.464 e. The summed E-state index contributed by atoms with van der Waals surface area (Å²) in [5.41, 5.74) is 3.62. The summed E-state index contributed by atoms with van der Waals surface area (Å²) in [6.07, 6.45) is 0.236. The van der Waals surface area contributed by atoms with E-state index in [2.05, 4.69) is 0 Å². The first-order valence-electron chi connectivity index (χ1n) is 8.06. The molecule has 3 rings (SSSR count). The molecule has 0 bridgehead atoms. The smallest absolute Gasteiger partial charge is 0.339 e. The highest BCUT2D eigenvalue weighted by molar-refractivity contribution is 5.81. The quantitative estimate of drug-likeness (QED) is 0.621. The standard InChI is InChI=1S/C20H22O3/c1-4-13-22-19(21)18-20(23-18,16-9-5-14(2)6-10-16)17-11-7-15(3)8-12-17/h5-12,18H,4,13H2,1-3H3. The van der Waals surface area contributed by atoms with Crippen molar-refractivity contribution in [3.8, 4) is 0 Å². The molecule has 0 saturated carbocycles. The Hall–Kier alpha value is -2.13. The Morgan fingerprint density at radius 3 is 1.91 bits per heavy atom. The van der Waals surface area contributed by atoms with Crippen LogP contribution in [0.1, 0.15) is 35.6 Å². The molecule has 0 spiro atoms. The van der Waals surface area contributed by atoms with Crippen molar-refractivity contribution in [3.05, 3.63) is 70.8 Å². The van der Waals surface area contributed by atoms with Crippen LogP contribution in [0, 0.1) is 13.8 Å². The van der Waals surface area contributed by atoms with Crippen molar-refractivity contribution in [2.75, 3.05) is 6.61 Å². The van der Waals surface area contributed by atoms with Gasteiger partial charge >= 0.3 is 5.97 Å². The van der Waals surface area contributed by atoms with E-state index < -0.39 is 11.7 Å². The zero-order valence-corrected chi connectivity index (χ0v) is 13.8. The number of esters is 1. The van der Waals surface area contributed by atoms with Crippen molar-refractivity contribution in [2.24, 2.45) is 0 Å². The summed E-state index contributed by atoms with van der Waals surface area (Å²) in [5.74, 6) is -0.284. The van der Waals surface area contributed by atoms with Gasteiger partial charge in [-0.25, -0.2) is 4.79 Å². The van der Waals surface area contributed by atoms with E-state index in [1.54, 1.807) is 0 Å². The maximum absolute atomic E-state index is 12.3. The minimum atomic E-state index is -0.716. The maximum Gasteiger partial charge on any atom is 0.339 e. The molecule has 1 aliphatic heterocycles. The van der Waals surface area contributed by atoms with Gasteiger partial charge in [0.25, 0.3) is 0 Å². The van der Waals surface area contributed by atoms with Crippen molar-refractivity contribution in [3.63, 3.8) is 0 Å². The van der Waals surface area contributed by atoms with E-state index in [1.807, 2.05) is 69.3 Å². The number of aryl methyl sites for hydroxylation is 2. The van der Waals surface area contributed by atoms with Crippen LogP contribution in [0.3, 0.4) is 0 Å². The van der Waals surface area contributed by atoms with Gasteiger partial charge in [-0.15, -0.1) is 0 Å². The maximum atomic E-state index is 12.3. The number of carbonyl (C=O) groups excluding carboxylic acids is 1. The first-order chi connectivity index (χ1) is 11.1. The van der Waals surface area contributed by atoms with Gasteiger partial charge in [-0.05, 0) is 31.4 Å². The Labute approximate surface area is 137 Å². The summed E-state index contributed by atoms with van der Waals surface area (Å²) in [7, 11) is 0. The molecule has 0 amide bonds. The highest BCUT2D eigenvalue weighted by Gasteiger charge is 2.64. The predicted octanol–water partition coefficient (Wildman–Crippen LogP) is 3.90. The molecule has 1 fully saturated rings. The van der Waals surface area contributed by atoms with Gasteiger partial charge in [-0.3, -0.25) is 0 Å². The number of benzene rings is 2. The summed E-state index contributed by atoms with van der Waals surface area (Å²) in [5, 5.41) is 0. The van der Waals surface area contributed by atoms with Gasteiger partial charge in [0.15, 0.2) is 11.7 Å². The molecular formula is C20H22O3. The summed E-state index contributed by atoms with van der Waals surface area (Å²) in [6, 6.07) is 16.3. The van der Waals surface area contributed by atoms with Crippen LogP contribution in [0.15, 0.2) is 48.5 Å². The second kappa shape index (κ2) is 6.17. The van der Waals surface area contributed by atoms with E-state index in [0.717, 1.165) is 17.5 Å². The minimum Gasteiger partial charge on any atom is -0.464 e. The SMILES string of the molecule is CCCOC(=O)C1OC1(c1ccc(C)cc1)c1ccc(C)cc1. The van der Waals surface area contributed by atoms with Gasteiger partial charge in [-0.2, -0.15) is 0 Å². The van der Waals surface area contributed by atoms with Crippen LogP contribution in [0.4, 0.5) is 0 Å². The second-order valence-corrected chi connectivity index (χ2v) is 6.13. The van der Waals surface area contributed by atoms with Crippen LogP contribution >= 0.6 is 0 Å². The molecule has 1 saturated heterocycles. The molecule has 1 unspecified atom stereocenters. The molecule has 0 N–H and O–H groups in total. The molecule has 120 valence electrons. The van der Waals surface area contributed by atoms with Crippen LogP contribution in [-0.2, 0) is 19.9 Å².